The van der Waals surface area contributed by atoms with Gasteiger partial charge in [0, 0.05) is 24.7 Å². The van der Waals surface area contributed by atoms with Crippen molar-refractivity contribution >= 4 is 33.2 Å². The topological polar surface area (TPSA) is 75.3 Å². The van der Waals surface area contributed by atoms with E-state index in [0.29, 0.717) is 0 Å². The molecule has 2 aromatic carbocycles. The molecule has 7 nitrogen and oxygen atoms in total. The van der Waals surface area contributed by atoms with Crippen LogP contribution in [0.5, 0.6) is 0 Å². The van der Waals surface area contributed by atoms with Crippen molar-refractivity contribution in [2.75, 3.05) is 5.01 Å². The maximum atomic E-state index is 13.3. The third kappa shape index (κ3) is 3.35. The van der Waals surface area contributed by atoms with Crippen molar-refractivity contribution in [1.29, 1.82) is 0 Å². The molecule has 3 heterocycles. The van der Waals surface area contributed by atoms with Gasteiger partial charge in [0.15, 0.2) is 0 Å². The number of hydrazine groups is 1. The number of aryl methyl sites for hydroxylation is 1. The molecular formula is C27H29N5O2. The molecule has 6 rings (SSSR count). The molecule has 0 spiro atoms. The van der Waals surface area contributed by atoms with E-state index < -0.39 is 0 Å². The molecule has 1 unspecified atom stereocenters. The number of anilines is 1. The summed E-state index contributed by atoms with van der Waals surface area (Å²) >= 11 is 0. The monoisotopic (exact) mass is 455 g/mol. The van der Waals surface area contributed by atoms with Crippen molar-refractivity contribution in [2.24, 2.45) is 7.05 Å². The number of aliphatic hydroxyl groups is 1. The zero-order valence-electron chi connectivity index (χ0n) is 19.5. The molecule has 7 heteroatoms. The van der Waals surface area contributed by atoms with Gasteiger partial charge in [-0.15, -0.1) is 0 Å². The average molecular weight is 456 g/mol. The van der Waals surface area contributed by atoms with E-state index >= 15 is 0 Å². The van der Waals surface area contributed by atoms with Crippen LogP contribution >= 0.6 is 0 Å². The van der Waals surface area contributed by atoms with Crippen molar-refractivity contribution in [3.05, 3.63) is 77.0 Å². The Hall–Kier alpha value is -3.42. The highest BCUT2D eigenvalue weighted by Crippen LogP contribution is 2.35. The van der Waals surface area contributed by atoms with Crippen molar-refractivity contribution in [2.45, 2.75) is 50.8 Å². The summed E-state index contributed by atoms with van der Waals surface area (Å²) in [4.78, 5) is 18.0. The number of aromatic nitrogens is 3. The Labute approximate surface area is 197 Å². The molecule has 174 valence electrons. The lowest BCUT2D eigenvalue weighted by Gasteiger charge is -2.26. The second-order valence-electron chi connectivity index (χ2n) is 9.54. The molecule has 1 fully saturated rings. The predicted molar refractivity (Wildman–Crippen MR) is 135 cm³/mol. The molecule has 0 saturated heterocycles. The lowest BCUT2D eigenvalue weighted by atomic mass is 9.92. The summed E-state index contributed by atoms with van der Waals surface area (Å²) in [6.45, 7) is 2.16. The number of nitrogens with zero attached hydrogens (tertiary/aromatic N) is 4. The van der Waals surface area contributed by atoms with E-state index in [9.17, 15) is 9.90 Å². The number of benzene rings is 2. The third-order valence-electron chi connectivity index (χ3n) is 7.38. The lowest BCUT2D eigenvalue weighted by molar-refractivity contribution is 0.111. The molecule has 0 amide bonds. The molecule has 1 aliphatic carbocycles. The van der Waals surface area contributed by atoms with Gasteiger partial charge in [-0.05, 0) is 68.0 Å². The Balaban J connectivity index is 1.50. The standard InChI is InChI=1S/C27H29N5O2/c1-17-23(16-31(29-17)19-6-4-3-5-7-19)18-8-13-24-22(14-18)26-25(15-28-24)30(2)27(34)32(26)20-9-11-21(33)12-10-20/h3-8,13-17,20-21,29,33H,9-12H2,1-2H3/t17?,20-,21+. The maximum Gasteiger partial charge on any atom is 0.329 e. The van der Waals surface area contributed by atoms with Gasteiger partial charge in [-0.1, -0.05) is 24.3 Å². The second-order valence-corrected chi connectivity index (χ2v) is 9.54. The van der Waals surface area contributed by atoms with Crippen molar-refractivity contribution in [3.63, 3.8) is 0 Å². The molecule has 1 saturated carbocycles. The highest BCUT2D eigenvalue weighted by molar-refractivity contribution is 6.03. The van der Waals surface area contributed by atoms with Gasteiger partial charge >= 0.3 is 5.69 Å². The highest BCUT2D eigenvalue weighted by atomic mass is 16.3. The molecule has 0 radical (unpaired) electrons. The van der Waals surface area contributed by atoms with E-state index in [1.807, 2.05) is 36.0 Å². The number of fused-ring (bicyclic) bond motifs is 3. The number of para-hydroxylation sites is 1. The van der Waals surface area contributed by atoms with E-state index in [2.05, 4.69) is 58.9 Å². The minimum absolute atomic E-state index is 0.0125. The fourth-order valence-corrected chi connectivity index (χ4v) is 5.49. The Bertz CT molecular complexity index is 1460. The van der Waals surface area contributed by atoms with E-state index in [1.165, 1.54) is 5.57 Å². The maximum absolute atomic E-state index is 13.3. The first kappa shape index (κ1) is 21.1. The van der Waals surface area contributed by atoms with Gasteiger partial charge in [0.05, 0.1) is 40.6 Å². The first-order chi connectivity index (χ1) is 16.5. The van der Waals surface area contributed by atoms with Crippen molar-refractivity contribution in [1.82, 2.24) is 19.5 Å². The Kier molecular flexibility index (Phi) is 5.04. The molecule has 2 N–H and O–H groups in total. The first-order valence-corrected chi connectivity index (χ1v) is 12.0. The first-order valence-electron chi connectivity index (χ1n) is 12.0. The Morgan fingerprint density at radius 1 is 1.06 bits per heavy atom. The summed E-state index contributed by atoms with van der Waals surface area (Å²) in [7, 11) is 1.82. The third-order valence-corrected chi connectivity index (χ3v) is 7.38. The van der Waals surface area contributed by atoms with Gasteiger partial charge in [0.2, 0.25) is 0 Å². The number of pyridine rings is 1. The number of aliphatic hydroxyl groups excluding tert-OH is 1. The summed E-state index contributed by atoms with van der Waals surface area (Å²) in [6, 6.07) is 16.8. The molecule has 34 heavy (non-hydrogen) atoms. The van der Waals surface area contributed by atoms with Crippen LogP contribution in [0.1, 0.15) is 44.2 Å². The van der Waals surface area contributed by atoms with Crippen LogP contribution in [0, 0.1) is 0 Å². The number of hydrogen-bond donors (Lipinski definition) is 2. The summed E-state index contributed by atoms with van der Waals surface area (Å²) in [5.74, 6) is 0. The quantitative estimate of drug-likeness (QED) is 0.486. The highest BCUT2D eigenvalue weighted by Gasteiger charge is 2.27. The molecule has 2 aromatic heterocycles. The van der Waals surface area contributed by atoms with Crippen LogP contribution in [0.25, 0.3) is 27.5 Å². The van der Waals surface area contributed by atoms with E-state index in [4.69, 9.17) is 0 Å². The van der Waals surface area contributed by atoms with E-state index in [-0.39, 0.29) is 23.9 Å². The SMILES string of the molecule is CC1NN(c2ccccc2)C=C1c1ccc2ncc3c(c2c1)n([C@H]1CC[C@@H](O)CC1)c(=O)n3C. The zero-order chi connectivity index (χ0) is 23.4. The molecule has 1 atom stereocenters. The molecule has 4 aromatic rings. The second kappa shape index (κ2) is 8.11. The number of hydrogen-bond acceptors (Lipinski definition) is 5. The molecule has 2 aliphatic rings. The molecule has 0 bridgehead atoms. The number of rotatable bonds is 3. The summed E-state index contributed by atoms with van der Waals surface area (Å²) < 4.78 is 3.66. The van der Waals surface area contributed by atoms with Gasteiger partial charge in [-0.3, -0.25) is 19.1 Å². The fourth-order valence-electron chi connectivity index (χ4n) is 5.49. The van der Waals surface area contributed by atoms with Crippen LogP contribution in [0.15, 0.2) is 65.7 Å². The zero-order valence-corrected chi connectivity index (χ0v) is 19.5. The number of nitrogens with one attached hydrogen (secondary N) is 1. The van der Waals surface area contributed by atoms with Crippen LogP contribution < -0.4 is 16.1 Å². The average Bonchev–Trinajstić information content (AvgIpc) is 3.37. The van der Waals surface area contributed by atoms with E-state index in [0.717, 1.165) is 58.9 Å². The van der Waals surface area contributed by atoms with Crippen LogP contribution in [-0.2, 0) is 7.05 Å². The van der Waals surface area contributed by atoms with Crippen LogP contribution in [0.4, 0.5) is 5.69 Å². The van der Waals surface area contributed by atoms with Crippen LogP contribution in [0.3, 0.4) is 0 Å². The van der Waals surface area contributed by atoms with E-state index in [1.54, 1.807) is 4.57 Å². The summed E-state index contributed by atoms with van der Waals surface area (Å²) in [5.41, 5.74) is 9.57. The lowest BCUT2D eigenvalue weighted by Crippen LogP contribution is -2.34. The molecule has 1 aliphatic heterocycles. The Morgan fingerprint density at radius 3 is 2.59 bits per heavy atom. The summed E-state index contributed by atoms with van der Waals surface area (Å²) in [6.07, 6.45) is 6.77. The van der Waals surface area contributed by atoms with Gasteiger partial charge in [0.25, 0.3) is 0 Å². The molecular weight excluding hydrogens is 426 g/mol. The predicted octanol–water partition coefficient (Wildman–Crippen LogP) is 4.12. The van der Waals surface area contributed by atoms with Crippen LogP contribution in [0.2, 0.25) is 0 Å². The van der Waals surface area contributed by atoms with Gasteiger partial charge in [0.1, 0.15) is 0 Å². The van der Waals surface area contributed by atoms with Crippen molar-refractivity contribution in [3.8, 4) is 0 Å². The smallest absolute Gasteiger partial charge is 0.329 e. The number of imidazole rings is 1. The fraction of sp³-hybridized carbons (Fsp3) is 0.333. The summed E-state index contributed by atoms with van der Waals surface area (Å²) in [5, 5.41) is 13.1. The minimum atomic E-state index is -0.261. The van der Waals surface area contributed by atoms with Crippen molar-refractivity contribution < 1.29 is 5.11 Å². The van der Waals surface area contributed by atoms with Crippen LogP contribution in [-0.4, -0.2) is 31.4 Å². The van der Waals surface area contributed by atoms with Gasteiger partial charge in [-0.25, -0.2) is 10.2 Å². The van der Waals surface area contributed by atoms with Gasteiger partial charge in [-0.2, -0.15) is 0 Å². The minimum Gasteiger partial charge on any atom is -0.393 e. The Morgan fingerprint density at radius 2 is 1.82 bits per heavy atom. The van der Waals surface area contributed by atoms with Gasteiger partial charge < -0.3 is 5.11 Å². The largest absolute Gasteiger partial charge is 0.393 e. The normalized spacial score (nSPS) is 23.1.